The van der Waals surface area contributed by atoms with E-state index in [9.17, 15) is 22.3 Å². The van der Waals surface area contributed by atoms with Crippen LogP contribution in [0.1, 0.15) is 19.7 Å². The molecule has 8 nitrogen and oxygen atoms in total. The summed E-state index contributed by atoms with van der Waals surface area (Å²) in [6, 6.07) is 4.48. The number of benzene rings is 1. The van der Waals surface area contributed by atoms with Gasteiger partial charge in [0.1, 0.15) is 11.5 Å². The van der Waals surface area contributed by atoms with Crippen LogP contribution < -0.4 is 9.62 Å². The summed E-state index contributed by atoms with van der Waals surface area (Å²) in [5.74, 6) is 0.496. The lowest BCUT2D eigenvalue weighted by molar-refractivity contribution is -0.0518. The van der Waals surface area contributed by atoms with Gasteiger partial charge in [-0.25, -0.2) is 4.98 Å². The van der Waals surface area contributed by atoms with Crippen molar-refractivity contribution in [2.24, 2.45) is 10.2 Å². The highest BCUT2D eigenvalue weighted by molar-refractivity contribution is 8.26. The average molecular weight is 424 g/mol. The summed E-state index contributed by atoms with van der Waals surface area (Å²) < 4.78 is 63.3. The summed E-state index contributed by atoms with van der Waals surface area (Å²) in [4.78, 5) is 5.87. The molecule has 0 aliphatic heterocycles. The maximum atomic E-state index is 12.9. The van der Waals surface area contributed by atoms with Gasteiger partial charge in [-0.3, -0.25) is 13.8 Å². The van der Waals surface area contributed by atoms with Crippen LogP contribution in [0.2, 0.25) is 0 Å². The normalized spacial score (nSPS) is 13.2. The lowest BCUT2D eigenvalue weighted by Crippen LogP contribution is -2.26. The van der Waals surface area contributed by atoms with Gasteiger partial charge in [-0.2, -0.15) is 17.5 Å². The van der Waals surface area contributed by atoms with E-state index in [4.69, 9.17) is 0 Å². The van der Waals surface area contributed by atoms with Gasteiger partial charge in [0.2, 0.25) is 5.13 Å². The topological polar surface area (TPSA) is 106 Å². The van der Waals surface area contributed by atoms with E-state index in [2.05, 4.69) is 19.6 Å². The summed E-state index contributed by atoms with van der Waals surface area (Å²) >= 11 is 0.984. The zero-order chi connectivity index (χ0) is 20.2. The number of halogens is 3. The highest BCUT2D eigenvalue weighted by Crippen LogP contribution is 2.56. The molecule has 0 saturated heterocycles. The van der Waals surface area contributed by atoms with Crippen molar-refractivity contribution in [3.8, 4) is 0 Å². The van der Waals surface area contributed by atoms with E-state index in [1.54, 1.807) is 17.7 Å². The molecule has 0 aliphatic carbocycles. The first kappa shape index (κ1) is 21.3. The van der Waals surface area contributed by atoms with Crippen molar-refractivity contribution in [3.05, 3.63) is 24.0 Å². The predicted octanol–water partition coefficient (Wildman–Crippen LogP) is 5.71. The number of nitrogens with one attached hydrogen (secondary N) is 1. The van der Waals surface area contributed by atoms with E-state index in [1.165, 1.54) is 12.1 Å². The van der Waals surface area contributed by atoms with Crippen molar-refractivity contribution < 1.29 is 22.3 Å². The van der Waals surface area contributed by atoms with Crippen molar-refractivity contribution in [2.75, 3.05) is 22.7 Å². The molecule has 27 heavy (non-hydrogen) atoms. The van der Waals surface area contributed by atoms with Crippen molar-refractivity contribution in [1.29, 1.82) is 0 Å². The van der Waals surface area contributed by atoms with E-state index in [-0.39, 0.29) is 16.5 Å². The monoisotopic (exact) mass is 424 g/mol. The molecule has 0 spiro atoms. The molecule has 0 amide bonds. The predicted molar refractivity (Wildman–Crippen MR) is 101 cm³/mol. The Bertz CT molecular complexity index is 808. The van der Waals surface area contributed by atoms with Crippen molar-refractivity contribution in [2.45, 2.75) is 26.3 Å². The molecule has 1 heterocycles. The molecule has 0 atom stereocenters. The fourth-order valence-electron chi connectivity index (χ4n) is 2.11. The lowest BCUT2D eigenvalue weighted by Gasteiger charge is -2.35. The average Bonchev–Trinajstić information content (AvgIpc) is 2.99. The van der Waals surface area contributed by atoms with Crippen LogP contribution >= 0.6 is 22.3 Å². The number of nitrogens with zero attached hydrogens (tertiary/aromatic N) is 5. The molecule has 150 valence electrons. The molecule has 13 heteroatoms. The molecule has 3 N–H and O–H groups in total. The standard InChI is InChI=1S/C14H19F3N6O2S2/c1-4-23(5-2)10-6-7-11(19-20-13-18-9(3)21-26-13)12(8-10)22-27(24,25)14(15,16)17/h6-8,22,24-25H,4-5H2,1-3H3. The lowest BCUT2D eigenvalue weighted by atomic mass is 10.2. The van der Waals surface area contributed by atoms with Gasteiger partial charge in [-0.05, 0) is 49.7 Å². The highest BCUT2D eigenvalue weighted by Gasteiger charge is 2.46. The molecule has 0 bridgehead atoms. The highest BCUT2D eigenvalue weighted by atomic mass is 32.3. The molecule has 0 fully saturated rings. The third-order valence-electron chi connectivity index (χ3n) is 3.44. The second-order valence-electron chi connectivity index (χ2n) is 5.29. The Labute approximate surface area is 159 Å². The number of azo groups is 1. The molecule has 1 aromatic carbocycles. The minimum atomic E-state index is -5.23. The van der Waals surface area contributed by atoms with E-state index in [0.29, 0.717) is 24.6 Å². The number of alkyl halides is 3. The minimum absolute atomic E-state index is 0.00276. The third kappa shape index (κ3) is 5.28. The van der Waals surface area contributed by atoms with Crippen LogP contribution in [0.4, 0.5) is 35.4 Å². The summed E-state index contributed by atoms with van der Waals surface area (Å²) in [7, 11) is -5.10. The van der Waals surface area contributed by atoms with E-state index >= 15 is 0 Å². The number of anilines is 2. The van der Waals surface area contributed by atoms with Crippen LogP contribution in [0.3, 0.4) is 0 Å². The second kappa shape index (κ2) is 8.37. The Morgan fingerprint density at radius 2 is 1.89 bits per heavy atom. The minimum Gasteiger partial charge on any atom is -0.372 e. The van der Waals surface area contributed by atoms with Crippen LogP contribution in [-0.2, 0) is 0 Å². The van der Waals surface area contributed by atoms with Gasteiger partial charge in [-0.1, -0.05) is 0 Å². The quantitative estimate of drug-likeness (QED) is 0.492. The van der Waals surface area contributed by atoms with Gasteiger partial charge >= 0.3 is 5.51 Å². The first-order valence-corrected chi connectivity index (χ1v) is 10.1. The maximum absolute atomic E-state index is 12.9. The second-order valence-corrected chi connectivity index (χ2v) is 7.79. The molecule has 2 rings (SSSR count). The van der Waals surface area contributed by atoms with Crippen molar-refractivity contribution >= 4 is 44.5 Å². The summed E-state index contributed by atoms with van der Waals surface area (Å²) in [6.07, 6.45) is 0. The van der Waals surface area contributed by atoms with Gasteiger partial charge in [0.25, 0.3) is 0 Å². The van der Waals surface area contributed by atoms with Gasteiger partial charge in [0.15, 0.2) is 0 Å². The zero-order valence-corrected chi connectivity index (χ0v) is 16.4. The molecule has 1 aromatic heterocycles. The summed E-state index contributed by atoms with van der Waals surface area (Å²) in [6.45, 7) is 6.70. The Kier molecular flexibility index (Phi) is 6.62. The Hall–Kier alpha value is -1.96. The van der Waals surface area contributed by atoms with E-state index in [0.717, 1.165) is 11.5 Å². The van der Waals surface area contributed by atoms with Crippen LogP contribution in [0.25, 0.3) is 0 Å². The van der Waals surface area contributed by atoms with Gasteiger partial charge in [0, 0.05) is 30.3 Å². The molecule has 0 radical (unpaired) electrons. The maximum Gasteiger partial charge on any atom is 0.514 e. The first-order chi connectivity index (χ1) is 12.6. The Balaban J connectivity index is 2.43. The van der Waals surface area contributed by atoms with E-state index in [1.807, 2.05) is 18.7 Å². The van der Waals surface area contributed by atoms with Crippen LogP contribution in [0.5, 0.6) is 0 Å². The Morgan fingerprint density at radius 3 is 2.41 bits per heavy atom. The molecule has 2 aromatic rings. The fraction of sp³-hybridized carbons (Fsp3) is 0.429. The van der Waals surface area contributed by atoms with Crippen LogP contribution in [-0.4, -0.2) is 37.1 Å². The van der Waals surface area contributed by atoms with Crippen LogP contribution in [0.15, 0.2) is 28.4 Å². The zero-order valence-electron chi connectivity index (χ0n) is 14.7. The number of hydrogen-bond donors (Lipinski definition) is 3. The Morgan fingerprint density at radius 1 is 1.22 bits per heavy atom. The molecule has 0 aliphatic rings. The molecular formula is C14H19F3N6O2S2. The molecular weight excluding hydrogens is 405 g/mol. The molecule has 0 unspecified atom stereocenters. The summed E-state index contributed by atoms with van der Waals surface area (Å²) in [5, 5.41) is 7.96. The van der Waals surface area contributed by atoms with Crippen molar-refractivity contribution in [1.82, 2.24) is 9.36 Å². The van der Waals surface area contributed by atoms with E-state index < -0.39 is 16.3 Å². The largest absolute Gasteiger partial charge is 0.514 e. The van der Waals surface area contributed by atoms with Gasteiger partial charge in [0.05, 0.1) is 5.69 Å². The summed E-state index contributed by atoms with van der Waals surface area (Å²) in [5.41, 5.74) is -4.83. The van der Waals surface area contributed by atoms with Gasteiger partial charge in [-0.15, -0.1) is 10.2 Å². The molecule has 0 saturated carbocycles. The first-order valence-electron chi connectivity index (χ1n) is 7.80. The SMILES string of the molecule is CCN(CC)c1ccc(N=Nc2nc(C)ns2)c(NS(O)(O)C(F)(F)F)c1. The third-order valence-corrected chi connectivity index (χ3v) is 5.29. The number of aryl methyl sites for hydroxylation is 1. The fourth-order valence-corrected chi connectivity index (χ4v) is 3.20. The number of hydrogen-bond acceptors (Lipinski definition) is 9. The van der Waals surface area contributed by atoms with Crippen molar-refractivity contribution in [3.63, 3.8) is 0 Å². The van der Waals surface area contributed by atoms with Gasteiger partial charge < -0.3 is 4.90 Å². The smallest absolute Gasteiger partial charge is 0.372 e. The number of rotatable bonds is 7. The van der Waals surface area contributed by atoms with Crippen LogP contribution in [0, 0.1) is 6.92 Å². The number of aromatic nitrogens is 2.